The highest BCUT2D eigenvalue weighted by Crippen LogP contribution is 2.43. The number of halogens is 2. The number of rotatable bonds is 2. The zero-order valence-electron chi connectivity index (χ0n) is 14.4. The van der Waals surface area contributed by atoms with Crippen molar-refractivity contribution in [2.45, 2.75) is 18.5 Å². The lowest BCUT2D eigenvalue weighted by Crippen LogP contribution is -2.42. The number of H-pyrrole nitrogens is 1. The van der Waals surface area contributed by atoms with E-state index in [1.54, 1.807) is 6.33 Å². The summed E-state index contributed by atoms with van der Waals surface area (Å²) in [5.74, 6) is -0.0374. The molecule has 1 aromatic heterocycles. The molecular weight excluding hydrogens is 383 g/mol. The van der Waals surface area contributed by atoms with Gasteiger partial charge >= 0.3 is 0 Å². The molecule has 3 aromatic rings. The van der Waals surface area contributed by atoms with Gasteiger partial charge in [-0.15, -0.1) is 24.8 Å². The molecule has 2 aromatic carbocycles. The number of nitrogens with zero attached hydrogens (tertiary/aromatic N) is 1. The molecule has 0 bridgehead atoms. The van der Waals surface area contributed by atoms with Gasteiger partial charge in [0.05, 0.1) is 18.1 Å². The van der Waals surface area contributed by atoms with Gasteiger partial charge in [-0.2, -0.15) is 0 Å². The van der Waals surface area contributed by atoms with Crippen LogP contribution in [0.4, 0.5) is 0 Å². The summed E-state index contributed by atoms with van der Waals surface area (Å²) in [5.41, 5.74) is 6.54. The molecule has 5 nitrogen and oxygen atoms in total. The maximum Gasteiger partial charge on any atom is 0.244 e. The number of carbonyl (C=O) groups excluding carboxylic acids is 1. The molecule has 0 saturated heterocycles. The maximum atomic E-state index is 13.0. The topological polar surface area (TPSA) is 69.8 Å². The smallest absolute Gasteiger partial charge is 0.244 e. The van der Waals surface area contributed by atoms with E-state index < -0.39 is 6.04 Å². The summed E-state index contributed by atoms with van der Waals surface area (Å²) in [4.78, 5) is 20.5. The van der Waals surface area contributed by atoms with Crippen LogP contribution in [0.3, 0.4) is 0 Å². The number of nitrogens with one attached hydrogen (secondary N) is 3. The fourth-order valence-corrected chi connectivity index (χ4v) is 3.97. The van der Waals surface area contributed by atoms with Crippen molar-refractivity contribution in [3.63, 3.8) is 0 Å². The van der Waals surface area contributed by atoms with Crippen LogP contribution in [-0.2, 0) is 11.2 Å². The summed E-state index contributed by atoms with van der Waals surface area (Å²) in [5, 5.41) is 6.52. The molecule has 140 valence electrons. The highest BCUT2D eigenvalue weighted by molar-refractivity contribution is 5.87. The van der Waals surface area contributed by atoms with E-state index >= 15 is 0 Å². The molecule has 0 radical (unpaired) electrons. The zero-order valence-corrected chi connectivity index (χ0v) is 16.1. The molecule has 1 aliphatic heterocycles. The van der Waals surface area contributed by atoms with E-state index in [4.69, 9.17) is 0 Å². The molecule has 0 spiro atoms. The lowest BCUT2D eigenvalue weighted by atomic mass is 10.0. The second kappa shape index (κ2) is 7.72. The molecule has 2 heterocycles. The van der Waals surface area contributed by atoms with E-state index in [2.05, 4.69) is 44.9 Å². The van der Waals surface area contributed by atoms with Crippen LogP contribution in [0.2, 0.25) is 0 Å². The SMILES string of the molecule is Cl.Cl.O=C(NC1c2ccccc2-c2ccccc21)C1NCCc2[nH]cnc21. The Morgan fingerprint density at radius 1 is 1.00 bits per heavy atom. The third kappa shape index (κ3) is 3.12. The average molecular weight is 403 g/mol. The summed E-state index contributed by atoms with van der Waals surface area (Å²) in [6.07, 6.45) is 2.53. The predicted molar refractivity (Wildman–Crippen MR) is 109 cm³/mol. The van der Waals surface area contributed by atoms with Crippen LogP contribution in [0, 0.1) is 0 Å². The lowest BCUT2D eigenvalue weighted by molar-refractivity contribution is -0.124. The Morgan fingerprint density at radius 2 is 1.63 bits per heavy atom. The fourth-order valence-electron chi connectivity index (χ4n) is 3.97. The van der Waals surface area contributed by atoms with Gasteiger partial charge in [0, 0.05) is 18.7 Å². The Labute approximate surface area is 169 Å². The normalized spacial score (nSPS) is 17.0. The molecule has 0 saturated carbocycles. The Balaban J connectivity index is 0.00000105. The molecule has 1 amide bonds. The first-order chi connectivity index (χ1) is 12.3. The number of carbonyl (C=O) groups is 1. The van der Waals surface area contributed by atoms with Crippen molar-refractivity contribution >= 4 is 30.7 Å². The highest BCUT2D eigenvalue weighted by atomic mass is 35.5. The van der Waals surface area contributed by atoms with Crippen molar-refractivity contribution in [1.29, 1.82) is 0 Å². The van der Waals surface area contributed by atoms with E-state index in [0.29, 0.717) is 0 Å². The Morgan fingerprint density at radius 3 is 2.30 bits per heavy atom. The molecule has 1 atom stereocenters. The first kappa shape index (κ1) is 19.4. The Hall–Kier alpha value is -2.34. The molecule has 1 aliphatic carbocycles. The maximum absolute atomic E-state index is 13.0. The number of benzene rings is 2. The van der Waals surface area contributed by atoms with Gasteiger partial charge in [0.15, 0.2) is 0 Å². The van der Waals surface area contributed by atoms with Gasteiger partial charge in [-0.3, -0.25) is 4.79 Å². The zero-order chi connectivity index (χ0) is 16.8. The van der Waals surface area contributed by atoms with Gasteiger partial charge in [0.2, 0.25) is 5.91 Å². The standard InChI is InChI=1S/C20H18N4O.2ClH/c25-20(19-18-16(9-10-21-19)22-11-23-18)24-17-14-7-3-1-5-12(14)13-6-2-4-8-15(13)17;;/h1-8,11,17,19,21H,9-10H2,(H,22,23)(H,24,25);2*1H. The van der Waals surface area contributed by atoms with Gasteiger partial charge in [0.1, 0.15) is 6.04 Å². The van der Waals surface area contributed by atoms with Crippen LogP contribution in [0.5, 0.6) is 0 Å². The van der Waals surface area contributed by atoms with Crippen LogP contribution in [0.15, 0.2) is 54.9 Å². The number of hydrogen-bond donors (Lipinski definition) is 3. The van der Waals surface area contributed by atoms with Gasteiger partial charge in [-0.1, -0.05) is 48.5 Å². The summed E-state index contributed by atoms with van der Waals surface area (Å²) >= 11 is 0. The molecule has 5 rings (SSSR count). The average Bonchev–Trinajstić information content (AvgIpc) is 3.25. The minimum absolute atomic E-state index is 0. The Kier molecular flexibility index (Phi) is 5.56. The van der Waals surface area contributed by atoms with Gasteiger partial charge in [-0.05, 0) is 22.3 Å². The van der Waals surface area contributed by atoms with Crippen LogP contribution in [-0.4, -0.2) is 22.4 Å². The van der Waals surface area contributed by atoms with Crippen LogP contribution >= 0.6 is 24.8 Å². The van der Waals surface area contributed by atoms with E-state index in [0.717, 1.165) is 35.5 Å². The van der Waals surface area contributed by atoms with Crippen molar-refractivity contribution in [2.75, 3.05) is 6.54 Å². The Bertz CT molecular complexity index is 926. The van der Waals surface area contributed by atoms with Crippen molar-refractivity contribution in [3.05, 3.63) is 77.4 Å². The van der Waals surface area contributed by atoms with Crippen LogP contribution in [0.1, 0.15) is 34.6 Å². The minimum atomic E-state index is -0.407. The quantitative estimate of drug-likeness (QED) is 0.615. The highest BCUT2D eigenvalue weighted by Gasteiger charge is 2.34. The number of imidazole rings is 1. The number of aromatic nitrogens is 2. The van der Waals surface area contributed by atoms with Crippen molar-refractivity contribution in [2.24, 2.45) is 0 Å². The monoisotopic (exact) mass is 402 g/mol. The molecule has 0 fully saturated rings. The van der Waals surface area contributed by atoms with E-state index in [1.165, 1.54) is 11.1 Å². The summed E-state index contributed by atoms with van der Waals surface area (Å²) in [7, 11) is 0. The lowest BCUT2D eigenvalue weighted by Gasteiger charge is -2.24. The number of amides is 1. The van der Waals surface area contributed by atoms with Crippen molar-refractivity contribution in [1.82, 2.24) is 20.6 Å². The molecule has 1 unspecified atom stereocenters. The third-order valence-electron chi connectivity index (χ3n) is 5.13. The van der Waals surface area contributed by atoms with Crippen molar-refractivity contribution < 1.29 is 4.79 Å². The van der Waals surface area contributed by atoms with Crippen LogP contribution in [0.25, 0.3) is 11.1 Å². The second-order valence-electron chi connectivity index (χ2n) is 6.52. The van der Waals surface area contributed by atoms with E-state index in [9.17, 15) is 4.79 Å². The van der Waals surface area contributed by atoms with Gasteiger partial charge < -0.3 is 15.6 Å². The van der Waals surface area contributed by atoms with Gasteiger partial charge in [0.25, 0.3) is 0 Å². The van der Waals surface area contributed by atoms with E-state index in [-0.39, 0.29) is 36.8 Å². The molecular formula is C20H20Cl2N4O. The summed E-state index contributed by atoms with van der Waals surface area (Å²) in [6.45, 7) is 0.769. The molecule has 2 aliphatic rings. The number of fused-ring (bicyclic) bond motifs is 4. The first-order valence-corrected chi connectivity index (χ1v) is 8.57. The number of aromatic amines is 1. The van der Waals surface area contributed by atoms with Crippen molar-refractivity contribution in [3.8, 4) is 11.1 Å². The van der Waals surface area contributed by atoms with Crippen LogP contribution < -0.4 is 10.6 Å². The third-order valence-corrected chi connectivity index (χ3v) is 5.13. The van der Waals surface area contributed by atoms with Gasteiger partial charge in [-0.25, -0.2) is 4.98 Å². The van der Waals surface area contributed by atoms with E-state index in [1.807, 2.05) is 24.3 Å². The summed E-state index contributed by atoms with van der Waals surface area (Å²) < 4.78 is 0. The number of hydrogen-bond acceptors (Lipinski definition) is 3. The molecule has 7 heteroatoms. The fraction of sp³-hybridized carbons (Fsp3) is 0.200. The predicted octanol–water partition coefficient (Wildman–Crippen LogP) is 3.33. The molecule has 3 N–H and O–H groups in total. The summed E-state index contributed by atoms with van der Waals surface area (Å²) in [6, 6.07) is 16.0. The molecule has 27 heavy (non-hydrogen) atoms. The minimum Gasteiger partial charge on any atom is -0.348 e. The first-order valence-electron chi connectivity index (χ1n) is 8.57. The largest absolute Gasteiger partial charge is 0.348 e. The second-order valence-corrected chi connectivity index (χ2v) is 6.52.